The van der Waals surface area contributed by atoms with Crippen LogP contribution in [0.25, 0.3) is 0 Å². The molecule has 1 saturated carbocycles. The molecule has 0 bridgehead atoms. The lowest BCUT2D eigenvalue weighted by Crippen LogP contribution is -2.28. The Kier molecular flexibility index (Phi) is 6.67. The van der Waals surface area contributed by atoms with Gasteiger partial charge in [-0.3, -0.25) is 4.74 Å². The van der Waals surface area contributed by atoms with Gasteiger partial charge in [-0.15, -0.1) is 13.2 Å². The highest BCUT2D eigenvalue weighted by Gasteiger charge is 2.29. The van der Waals surface area contributed by atoms with Gasteiger partial charge in [0, 0.05) is 0 Å². The third-order valence-electron chi connectivity index (χ3n) is 3.65. The van der Waals surface area contributed by atoms with Crippen molar-refractivity contribution in [2.24, 2.45) is 0 Å². The van der Waals surface area contributed by atoms with E-state index in [1.54, 1.807) is 0 Å². The fraction of sp³-hybridized carbons (Fsp3) is 0.625. The van der Waals surface area contributed by atoms with Gasteiger partial charge in [0.1, 0.15) is 0 Å². The van der Waals surface area contributed by atoms with Crippen molar-refractivity contribution in [2.75, 3.05) is 13.2 Å². The molecule has 0 spiro atoms. The lowest BCUT2D eigenvalue weighted by molar-refractivity contribution is -0.327. The second-order valence-electron chi connectivity index (χ2n) is 5.36. The van der Waals surface area contributed by atoms with Crippen LogP contribution in [0.2, 0.25) is 0 Å². The van der Waals surface area contributed by atoms with Crippen LogP contribution in [0.3, 0.4) is 0 Å². The van der Waals surface area contributed by atoms with Gasteiger partial charge in [0.25, 0.3) is 0 Å². The first-order valence-corrected chi connectivity index (χ1v) is 7.51. The Hall–Kier alpha value is -1.11. The predicted molar refractivity (Wildman–Crippen MR) is 75.2 cm³/mol. The minimum Gasteiger partial charge on any atom is -0.376 e. The minimum absolute atomic E-state index is 0.00779. The van der Waals surface area contributed by atoms with Gasteiger partial charge in [-0.2, -0.15) is 0 Å². The molecule has 1 aliphatic rings. The molecule has 0 unspecified atom stereocenters. The van der Waals surface area contributed by atoms with Crippen LogP contribution in [-0.4, -0.2) is 31.8 Å². The van der Waals surface area contributed by atoms with Crippen molar-refractivity contribution in [2.45, 2.75) is 50.9 Å². The number of alkyl halides is 3. The number of rotatable bonds is 7. The van der Waals surface area contributed by atoms with Crippen LogP contribution >= 0.6 is 0 Å². The molecule has 6 heteroatoms. The number of hydrogen-bond acceptors (Lipinski definition) is 3. The second-order valence-corrected chi connectivity index (χ2v) is 5.36. The van der Waals surface area contributed by atoms with Crippen molar-refractivity contribution < 1.29 is 27.4 Å². The maximum Gasteiger partial charge on any atom is 0.522 e. The van der Waals surface area contributed by atoms with E-state index in [0.29, 0.717) is 6.61 Å². The van der Waals surface area contributed by atoms with E-state index >= 15 is 0 Å². The number of benzene rings is 1. The van der Waals surface area contributed by atoms with Crippen molar-refractivity contribution in [1.82, 2.24) is 0 Å². The van der Waals surface area contributed by atoms with Gasteiger partial charge in [0.2, 0.25) is 0 Å². The van der Waals surface area contributed by atoms with Gasteiger partial charge in [0.05, 0.1) is 32.0 Å². The molecule has 1 aromatic carbocycles. The summed E-state index contributed by atoms with van der Waals surface area (Å²) in [7, 11) is 0. The van der Waals surface area contributed by atoms with E-state index < -0.39 is 13.0 Å². The summed E-state index contributed by atoms with van der Waals surface area (Å²) in [5.74, 6) is 0. The summed E-state index contributed by atoms with van der Waals surface area (Å²) in [6.07, 6.45) is -1.00. The minimum atomic E-state index is -4.58. The maximum absolute atomic E-state index is 11.8. The molecule has 0 atom stereocenters. The molecule has 1 aliphatic carbocycles. The lowest BCUT2D eigenvalue weighted by Gasteiger charge is -2.28. The van der Waals surface area contributed by atoms with E-state index in [9.17, 15) is 13.2 Å². The smallest absolute Gasteiger partial charge is 0.376 e. The maximum atomic E-state index is 11.8. The van der Waals surface area contributed by atoms with Crippen molar-refractivity contribution in [3.8, 4) is 0 Å². The van der Waals surface area contributed by atoms with Gasteiger partial charge in [-0.25, -0.2) is 0 Å². The normalized spacial score (nSPS) is 22.7. The van der Waals surface area contributed by atoms with Crippen LogP contribution in [0.15, 0.2) is 30.3 Å². The standard InChI is InChI=1S/C16H21F3O3/c17-16(18,19)22-11-10-20-14-6-8-15(9-7-14)21-12-13-4-2-1-3-5-13/h1-5,14-15H,6-12H2/t14-,15+. The highest BCUT2D eigenvalue weighted by Crippen LogP contribution is 2.24. The molecule has 1 fully saturated rings. The fourth-order valence-electron chi connectivity index (χ4n) is 2.53. The zero-order chi connectivity index (χ0) is 15.8. The summed E-state index contributed by atoms with van der Waals surface area (Å²) in [6.45, 7) is 0.115. The molecule has 0 aliphatic heterocycles. The molecule has 3 nitrogen and oxygen atoms in total. The number of ether oxygens (including phenoxy) is 3. The molecule has 0 N–H and O–H groups in total. The largest absolute Gasteiger partial charge is 0.522 e. The highest BCUT2D eigenvalue weighted by atomic mass is 19.4. The van der Waals surface area contributed by atoms with Crippen LogP contribution in [0.4, 0.5) is 13.2 Å². The molecular formula is C16H21F3O3. The van der Waals surface area contributed by atoms with E-state index in [1.165, 1.54) is 0 Å². The average Bonchev–Trinajstić information content (AvgIpc) is 2.51. The van der Waals surface area contributed by atoms with Gasteiger partial charge in [0.15, 0.2) is 0 Å². The summed E-state index contributed by atoms with van der Waals surface area (Å²) in [5, 5.41) is 0. The van der Waals surface area contributed by atoms with E-state index in [0.717, 1.165) is 31.2 Å². The zero-order valence-electron chi connectivity index (χ0n) is 12.3. The van der Waals surface area contributed by atoms with Gasteiger partial charge in [-0.1, -0.05) is 30.3 Å². The predicted octanol–water partition coefficient (Wildman–Crippen LogP) is 4.07. The SMILES string of the molecule is FC(F)(F)OCCO[C@H]1CC[C@@H](OCc2ccccc2)CC1. The third kappa shape index (κ3) is 6.77. The summed E-state index contributed by atoms with van der Waals surface area (Å²) in [5.41, 5.74) is 1.14. The number of hydrogen-bond donors (Lipinski definition) is 0. The first-order chi connectivity index (χ1) is 10.5. The molecule has 0 amide bonds. The fourth-order valence-corrected chi connectivity index (χ4v) is 2.53. The van der Waals surface area contributed by atoms with E-state index in [-0.39, 0.29) is 18.8 Å². The van der Waals surface area contributed by atoms with Crippen LogP contribution in [0.1, 0.15) is 31.2 Å². The van der Waals surface area contributed by atoms with E-state index in [4.69, 9.17) is 9.47 Å². The van der Waals surface area contributed by atoms with Crippen LogP contribution in [0, 0.1) is 0 Å². The summed E-state index contributed by atoms with van der Waals surface area (Å²) < 4.78 is 50.4. The molecule has 2 rings (SSSR count). The Morgan fingerprint density at radius 2 is 1.45 bits per heavy atom. The Morgan fingerprint density at radius 1 is 0.864 bits per heavy atom. The second kappa shape index (κ2) is 8.50. The van der Waals surface area contributed by atoms with Gasteiger partial charge >= 0.3 is 6.36 Å². The monoisotopic (exact) mass is 318 g/mol. The van der Waals surface area contributed by atoms with E-state index in [1.807, 2.05) is 30.3 Å². The van der Waals surface area contributed by atoms with Crippen LogP contribution in [0.5, 0.6) is 0 Å². The quantitative estimate of drug-likeness (QED) is 0.709. The molecule has 0 saturated heterocycles. The van der Waals surface area contributed by atoms with Gasteiger partial charge < -0.3 is 9.47 Å². The summed E-state index contributed by atoms with van der Waals surface area (Å²) in [6, 6.07) is 9.97. The summed E-state index contributed by atoms with van der Waals surface area (Å²) >= 11 is 0. The molecule has 22 heavy (non-hydrogen) atoms. The Morgan fingerprint density at radius 3 is 2.05 bits per heavy atom. The highest BCUT2D eigenvalue weighted by molar-refractivity contribution is 5.13. The van der Waals surface area contributed by atoms with E-state index in [2.05, 4.69) is 4.74 Å². The summed E-state index contributed by atoms with van der Waals surface area (Å²) in [4.78, 5) is 0. The molecule has 0 aromatic heterocycles. The lowest BCUT2D eigenvalue weighted by atomic mass is 9.95. The molecule has 0 radical (unpaired) electrons. The van der Waals surface area contributed by atoms with Crippen molar-refractivity contribution in [1.29, 1.82) is 0 Å². The van der Waals surface area contributed by atoms with Crippen molar-refractivity contribution >= 4 is 0 Å². The van der Waals surface area contributed by atoms with Crippen molar-refractivity contribution in [3.63, 3.8) is 0 Å². The Balaban J connectivity index is 1.56. The first-order valence-electron chi connectivity index (χ1n) is 7.51. The molecular weight excluding hydrogens is 297 g/mol. The Bertz CT molecular complexity index is 414. The van der Waals surface area contributed by atoms with Crippen LogP contribution in [-0.2, 0) is 20.8 Å². The average molecular weight is 318 g/mol. The Labute approximate surface area is 128 Å². The zero-order valence-corrected chi connectivity index (χ0v) is 12.3. The third-order valence-corrected chi connectivity index (χ3v) is 3.65. The van der Waals surface area contributed by atoms with Gasteiger partial charge in [-0.05, 0) is 31.2 Å². The molecule has 124 valence electrons. The molecule has 0 heterocycles. The first kappa shape index (κ1) is 17.2. The molecule has 1 aromatic rings. The number of halogens is 3. The van der Waals surface area contributed by atoms with Crippen LogP contribution < -0.4 is 0 Å². The topological polar surface area (TPSA) is 27.7 Å². The van der Waals surface area contributed by atoms with Crippen molar-refractivity contribution in [3.05, 3.63) is 35.9 Å².